The maximum Gasteiger partial charge on any atom is 0.222 e. The molecule has 4 rings (SSSR count). The van der Waals surface area contributed by atoms with E-state index in [1.54, 1.807) is 0 Å². The van der Waals surface area contributed by atoms with E-state index in [4.69, 9.17) is 10.5 Å². The van der Waals surface area contributed by atoms with Crippen LogP contribution in [-0.4, -0.2) is 35.3 Å². The average Bonchev–Trinajstić information content (AvgIpc) is 2.79. The molecule has 1 aliphatic heterocycles. The van der Waals surface area contributed by atoms with Crippen molar-refractivity contribution in [2.45, 2.75) is 69.8 Å². The minimum atomic E-state index is 0.0377. The molecule has 0 unspecified atom stereocenters. The monoisotopic (exact) mass is 316 g/mol. The first kappa shape index (κ1) is 15.2. The third-order valence-corrected chi connectivity index (χ3v) is 5.74. The number of aryl methyl sites for hydroxylation is 1. The molecule has 5 nitrogen and oxygen atoms in total. The van der Waals surface area contributed by atoms with Crippen LogP contribution < -0.4 is 10.6 Å². The fraction of sp³-hybridized carbons (Fsp3) is 0.778. The minimum absolute atomic E-state index is 0.0377. The van der Waals surface area contributed by atoms with Gasteiger partial charge in [-0.2, -0.15) is 4.98 Å². The van der Waals surface area contributed by atoms with E-state index in [1.165, 1.54) is 62.6 Å². The van der Waals surface area contributed by atoms with Crippen molar-refractivity contribution in [1.82, 2.24) is 9.97 Å². The Bertz CT molecular complexity index is 566. The van der Waals surface area contributed by atoms with Gasteiger partial charge in [0.1, 0.15) is 5.82 Å². The molecule has 23 heavy (non-hydrogen) atoms. The molecule has 1 spiro atoms. The highest BCUT2D eigenvalue weighted by molar-refractivity contribution is 5.53. The number of aromatic nitrogens is 2. The molecule has 2 heterocycles. The molecule has 1 aromatic heterocycles. The van der Waals surface area contributed by atoms with Gasteiger partial charge in [-0.25, -0.2) is 4.98 Å². The lowest BCUT2D eigenvalue weighted by Gasteiger charge is -2.44. The molecule has 126 valence electrons. The predicted molar refractivity (Wildman–Crippen MR) is 91.7 cm³/mol. The first-order chi connectivity index (χ1) is 11.3. The van der Waals surface area contributed by atoms with E-state index in [9.17, 15) is 0 Å². The lowest BCUT2D eigenvalue weighted by atomic mass is 9.91. The van der Waals surface area contributed by atoms with Crippen LogP contribution in [0.4, 0.5) is 11.8 Å². The largest absolute Gasteiger partial charge is 0.371 e. The second kappa shape index (κ2) is 6.27. The fourth-order valence-corrected chi connectivity index (χ4v) is 4.56. The van der Waals surface area contributed by atoms with Crippen molar-refractivity contribution < 1.29 is 4.74 Å². The Balaban J connectivity index is 1.63. The molecule has 5 heteroatoms. The molecule has 2 aliphatic carbocycles. The second-order valence-electron chi connectivity index (χ2n) is 7.41. The third-order valence-electron chi connectivity index (χ3n) is 5.74. The van der Waals surface area contributed by atoms with Gasteiger partial charge < -0.3 is 15.4 Å². The Morgan fingerprint density at radius 2 is 1.74 bits per heavy atom. The second-order valence-corrected chi connectivity index (χ2v) is 7.41. The molecule has 2 fully saturated rings. The van der Waals surface area contributed by atoms with Crippen molar-refractivity contribution in [2.75, 3.05) is 30.3 Å². The first-order valence-corrected chi connectivity index (χ1v) is 9.30. The summed E-state index contributed by atoms with van der Waals surface area (Å²) >= 11 is 0. The van der Waals surface area contributed by atoms with Gasteiger partial charge in [0.2, 0.25) is 5.95 Å². The molecule has 0 bridgehead atoms. The van der Waals surface area contributed by atoms with Crippen LogP contribution in [0, 0.1) is 0 Å². The Labute approximate surface area is 138 Å². The van der Waals surface area contributed by atoms with Gasteiger partial charge >= 0.3 is 0 Å². The maximum absolute atomic E-state index is 6.30. The van der Waals surface area contributed by atoms with Crippen LogP contribution in [0.3, 0.4) is 0 Å². The van der Waals surface area contributed by atoms with E-state index in [0.717, 1.165) is 38.4 Å². The first-order valence-electron chi connectivity index (χ1n) is 9.30. The van der Waals surface area contributed by atoms with Crippen LogP contribution >= 0.6 is 0 Å². The molecule has 2 N–H and O–H groups in total. The lowest BCUT2D eigenvalue weighted by Crippen LogP contribution is -2.52. The summed E-state index contributed by atoms with van der Waals surface area (Å²) in [5.74, 6) is 1.53. The number of morpholine rings is 1. The molecule has 0 radical (unpaired) electrons. The molecule has 3 aliphatic rings. The standard InChI is InChI=1S/C18H28N4O/c19-17-20-15-8-4-3-7-14(15)16(21-17)22-11-12-23-18(13-22)9-5-1-2-6-10-18/h1-13H2,(H2,19,20,21). The highest BCUT2D eigenvalue weighted by Gasteiger charge is 2.38. The zero-order chi connectivity index (χ0) is 15.7. The molecule has 0 aromatic carbocycles. The molecule has 0 amide bonds. The van der Waals surface area contributed by atoms with Crippen LogP contribution in [0.1, 0.15) is 62.6 Å². The molecular formula is C18H28N4O. The number of anilines is 2. The van der Waals surface area contributed by atoms with Gasteiger partial charge in [-0.3, -0.25) is 0 Å². The number of rotatable bonds is 1. The highest BCUT2D eigenvalue weighted by Crippen LogP contribution is 2.36. The Hall–Kier alpha value is -1.36. The van der Waals surface area contributed by atoms with Crippen molar-refractivity contribution in [3.05, 3.63) is 11.3 Å². The molecule has 1 saturated heterocycles. The molecule has 1 saturated carbocycles. The van der Waals surface area contributed by atoms with E-state index in [-0.39, 0.29) is 5.60 Å². The van der Waals surface area contributed by atoms with Gasteiger partial charge in [0.25, 0.3) is 0 Å². The van der Waals surface area contributed by atoms with Gasteiger partial charge in [0.15, 0.2) is 0 Å². The number of nitrogens with zero attached hydrogens (tertiary/aromatic N) is 3. The van der Waals surface area contributed by atoms with Gasteiger partial charge in [0.05, 0.1) is 17.9 Å². The van der Waals surface area contributed by atoms with Crippen molar-refractivity contribution in [3.63, 3.8) is 0 Å². The number of hydrogen-bond acceptors (Lipinski definition) is 5. The molecular weight excluding hydrogens is 288 g/mol. The van der Waals surface area contributed by atoms with Crippen molar-refractivity contribution in [1.29, 1.82) is 0 Å². The topological polar surface area (TPSA) is 64.3 Å². The highest BCUT2D eigenvalue weighted by atomic mass is 16.5. The summed E-state index contributed by atoms with van der Waals surface area (Å²) in [4.78, 5) is 11.6. The maximum atomic E-state index is 6.30. The zero-order valence-electron chi connectivity index (χ0n) is 14.0. The fourth-order valence-electron chi connectivity index (χ4n) is 4.56. The predicted octanol–water partition coefficient (Wildman–Crippen LogP) is 2.87. The lowest BCUT2D eigenvalue weighted by molar-refractivity contribution is -0.0655. The van der Waals surface area contributed by atoms with Crippen LogP contribution in [0.15, 0.2) is 0 Å². The van der Waals surface area contributed by atoms with Crippen molar-refractivity contribution in [2.24, 2.45) is 0 Å². The van der Waals surface area contributed by atoms with Crippen molar-refractivity contribution in [3.8, 4) is 0 Å². The van der Waals surface area contributed by atoms with Crippen LogP contribution in [-0.2, 0) is 17.6 Å². The third kappa shape index (κ3) is 3.03. The quantitative estimate of drug-likeness (QED) is 0.863. The van der Waals surface area contributed by atoms with Gasteiger partial charge in [-0.1, -0.05) is 25.7 Å². The van der Waals surface area contributed by atoms with Gasteiger partial charge in [-0.15, -0.1) is 0 Å². The number of nitrogen functional groups attached to an aromatic ring is 1. The average molecular weight is 316 g/mol. The Morgan fingerprint density at radius 3 is 2.57 bits per heavy atom. The van der Waals surface area contributed by atoms with Crippen LogP contribution in [0.5, 0.6) is 0 Å². The SMILES string of the molecule is Nc1nc2c(c(N3CCOC4(CCCCCC4)C3)n1)CCCC2. The van der Waals surface area contributed by atoms with Gasteiger partial charge in [0, 0.05) is 18.7 Å². The number of hydrogen-bond donors (Lipinski definition) is 1. The van der Waals surface area contributed by atoms with E-state index >= 15 is 0 Å². The zero-order valence-corrected chi connectivity index (χ0v) is 14.0. The summed E-state index contributed by atoms with van der Waals surface area (Å²) in [5.41, 5.74) is 8.57. The van der Waals surface area contributed by atoms with Gasteiger partial charge in [-0.05, 0) is 38.5 Å². The summed E-state index contributed by atoms with van der Waals surface area (Å²) < 4.78 is 6.30. The van der Waals surface area contributed by atoms with Crippen LogP contribution in [0.25, 0.3) is 0 Å². The number of ether oxygens (including phenoxy) is 1. The normalized spacial score (nSPS) is 24.3. The van der Waals surface area contributed by atoms with E-state index < -0.39 is 0 Å². The summed E-state index contributed by atoms with van der Waals surface area (Å²) in [6, 6.07) is 0. The summed E-state index contributed by atoms with van der Waals surface area (Å²) in [6.07, 6.45) is 12.2. The van der Waals surface area contributed by atoms with Crippen LogP contribution in [0.2, 0.25) is 0 Å². The van der Waals surface area contributed by atoms with E-state index in [2.05, 4.69) is 14.9 Å². The van der Waals surface area contributed by atoms with E-state index in [0.29, 0.717) is 5.95 Å². The smallest absolute Gasteiger partial charge is 0.222 e. The minimum Gasteiger partial charge on any atom is -0.371 e. The Morgan fingerprint density at radius 1 is 0.957 bits per heavy atom. The summed E-state index contributed by atoms with van der Waals surface area (Å²) in [7, 11) is 0. The van der Waals surface area contributed by atoms with E-state index in [1.807, 2.05) is 0 Å². The molecule has 1 aromatic rings. The molecule has 0 atom stereocenters. The van der Waals surface area contributed by atoms with Crippen molar-refractivity contribution >= 4 is 11.8 Å². The number of fused-ring (bicyclic) bond motifs is 1. The Kier molecular flexibility index (Phi) is 4.14. The number of nitrogens with two attached hydrogens (primary N) is 1. The summed E-state index contributed by atoms with van der Waals surface area (Å²) in [5, 5.41) is 0. The summed E-state index contributed by atoms with van der Waals surface area (Å²) in [6.45, 7) is 2.69.